The fourth-order valence-corrected chi connectivity index (χ4v) is 2.94. The minimum atomic E-state index is 0.882. The maximum atomic E-state index is 6.04. The highest BCUT2D eigenvalue weighted by atomic mass is 15.1. The molecule has 2 heterocycles. The second kappa shape index (κ2) is 4.65. The molecule has 1 saturated heterocycles. The number of benzene rings is 1. The van der Waals surface area contributed by atoms with Crippen LogP contribution in [0, 0.1) is 0 Å². The summed E-state index contributed by atoms with van der Waals surface area (Å²) in [5.74, 6) is 0. The van der Waals surface area contributed by atoms with Gasteiger partial charge in [-0.25, -0.2) is 0 Å². The van der Waals surface area contributed by atoms with Crippen molar-refractivity contribution in [3.8, 4) is 0 Å². The first-order chi connectivity index (χ1) is 8.75. The van der Waals surface area contributed by atoms with Gasteiger partial charge in [0.1, 0.15) is 0 Å². The Kier molecular flexibility index (Phi) is 3.00. The van der Waals surface area contributed by atoms with Crippen LogP contribution in [0.1, 0.15) is 25.0 Å². The molecule has 0 bridgehead atoms. The van der Waals surface area contributed by atoms with Crippen LogP contribution >= 0.6 is 0 Å². The Balaban J connectivity index is 1.92. The zero-order chi connectivity index (χ0) is 12.5. The van der Waals surface area contributed by atoms with Crippen LogP contribution in [0.25, 0.3) is 10.9 Å². The van der Waals surface area contributed by atoms with Crippen molar-refractivity contribution in [2.75, 3.05) is 18.8 Å². The first-order valence-corrected chi connectivity index (χ1v) is 6.81. The van der Waals surface area contributed by atoms with Crippen LogP contribution in [0.4, 0.5) is 5.69 Å². The van der Waals surface area contributed by atoms with Gasteiger partial charge in [-0.15, -0.1) is 0 Å². The van der Waals surface area contributed by atoms with E-state index in [9.17, 15) is 0 Å². The summed E-state index contributed by atoms with van der Waals surface area (Å²) >= 11 is 0. The van der Waals surface area contributed by atoms with E-state index in [1.54, 1.807) is 0 Å². The molecule has 0 unspecified atom stereocenters. The van der Waals surface area contributed by atoms with Gasteiger partial charge in [-0.05, 0) is 44.1 Å². The molecule has 1 aliphatic heterocycles. The summed E-state index contributed by atoms with van der Waals surface area (Å²) in [4.78, 5) is 2.55. The Morgan fingerprint density at radius 3 is 2.67 bits per heavy atom. The van der Waals surface area contributed by atoms with E-state index in [0.717, 1.165) is 12.2 Å². The topological polar surface area (TPSA) is 34.2 Å². The van der Waals surface area contributed by atoms with E-state index in [4.69, 9.17) is 5.73 Å². The Labute approximate surface area is 108 Å². The minimum Gasteiger partial charge on any atom is -0.398 e. The summed E-state index contributed by atoms with van der Waals surface area (Å²) in [6, 6.07) is 8.40. The lowest BCUT2D eigenvalue weighted by atomic mass is 10.1. The summed E-state index contributed by atoms with van der Waals surface area (Å²) < 4.78 is 2.28. The molecule has 3 nitrogen and oxygen atoms in total. The van der Waals surface area contributed by atoms with E-state index >= 15 is 0 Å². The first-order valence-electron chi connectivity index (χ1n) is 6.81. The monoisotopic (exact) mass is 243 g/mol. The highest BCUT2D eigenvalue weighted by Gasteiger charge is 2.14. The lowest BCUT2D eigenvalue weighted by Crippen LogP contribution is -2.29. The average Bonchev–Trinajstić information content (AvgIpc) is 2.70. The van der Waals surface area contributed by atoms with E-state index < -0.39 is 0 Å². The SMILES string of the molecule is Cn1c(CN2CCCCC2)cc2c(N)cccc21. The zero-order valence-electron chi connectivity index (χ0n) is 11.0. The third kappa shape index (κ3) is 1.99. The van der Waals surface area contributed by atoms with Gasteiger partial charge in [0.05, 0.1) is 5.52 Å². The molecule has 1 aliphatic rings. The van der Waals surface area contributed by atoms with Gasteiger partial charge in [-0.2, -0.15) is 0 Å². The third-order valence-corrected chi connectivity index (χ3v) is 4.05. The van der Waals surface area contributed by atoms with Crippen molar-refractivity contribution in [2.24, 2.45) is 7.05 Å². The normalized spacial score (nSPS) is 17.4. The fourth-order valence-electron chi connectivity index (χ4n) is 2.94. The lowest BCUT2D eigenvalue weighted by molar-refractivity contribution is 0.217. The molecular weight excluding hydrogens is 222 g/mol. The van der Waals surface area contributed by atoms with Gasteiger partial charge in [0.25, 0.3) is 0 Å². The number of likely N-dealkylation sites (tertiary alicyclic amines) is 1. The molecule has 3 heteroatoms. The van der Waals surface area contributed by atoms with Crippen molar-refractivity contribution in [1.82, 2.24) is 9.47 Å². The van der Waals surface area contributed by atoms with Crippen LogP contribution < -0.4 is 5.73 Å². The van der Waals surface area contributed by atoms with Crippen molar-refractivity contribution in [1.29, 1.82) is 0 Å². The Morgan fingerprint density at radius 2 is 1.94 bits per heavy atom. The van der Waals surface area contributed by atoms with Crippen LogP contribution in [0.2, 0.25) is 0 Å². The number of anilines is 1. The van der Waals surface area contributed by atoms with Gasteiger partial charge >= 0.3 is 0 Å². The molecule has 1 aromatic carbocycles. The van der Waals surface area contributed by atoms with Crippen LogP contribution in [0.5, 0.6) is 0 Å². The summed E-state index contributed by atoms with van der Waals surface area (Å²) in [6.45, 7) is 3.51. The van der Waals surface area contributed by atoms with Crippen LogP contribution in [0.3, 0.4) is 0 Å². The van der Waals surface area contributed by atoms with Crippen LogP contribution in [-0.2, 0) is 13.6 Å². The van der Waals surface area contributed by atoms with Gasteiger partial charge in [0, 0.05) is 30.4 Å². The van der Waals surface area contributed by atoms with E-state index in [0.29, 0.717) is 0 Å². The van der Waals surface area contributed by atoms with Crippen molar-refractivity contribution in [3.63, 3.8) is 0 Å². The molecule has 2 N–H and O–H groups in total. The molecule has 0 spiro atoms. The molecule has 1 fully saturated rings. The fraction of sp³-hybridized carbons (Fsp3) is 0.467. The molecule has 2 aromatic rings. The summed E-state index contributed by atoms with van der Waals surface area (Å²) in [5.41, 5.74) is 9.53. The lowest BCUT2D eigenvalue weighted by Gasteiger charge is -2.26. The number of aromatic nitrogens is 1. The molecule has 0 aliphatic carbocycles. The van der Waals surface area contributed by atoms with Crippen molar-refractivity contribution in [2.45, 2.75) is 25.8 Å². The summed E-state index contributed by atoms with van der Waals surface area (Å²) in [6.07, 6.45) is 4.07. The third-order valence-electron chi connectivity index (χ3n) is 4.05. The zero-order valence-corrected chi connectivity index (χ0v) is 11.0. The Hall–Kier alpha value is -1.48. The van der Waals surface area contributed by atoms with Gasteiger partial charge in [0.2, 0.25) is 0 Å². The van der Waals surface area contributed by atoms with Crippen molar-refractivity contribution in [3.05, 3.63) is 30.0 Å². The second-order valence-corrected chi connectivity index (χ2v) is 5.31. The quantitative estimate of drug-likeness (QED) is 0.823. The van der Waals surface area contributed by atoms with E-state index in [1.165, 1.54) is 48.9 Å². The van der Waals surface area contributed by atoms with Gasteiger partial charge < -0.3 is 10.3 Å². The molecule has 0 radical (unpaired) electrons. The number of aryl methyl sites for hydroxylation is 1. The number of hydrogen-bond donors (Lipinski definition) is 1. The maximum absolute atomic E-state index is 6.04. The van der Waals surface area contributed by atoms with Crippen LogP contribution in [0.15, 0.2) is 24.3 Å². The predicted octanol–water partition coefficient (Wildman–Crippen LogP) is 2.75. The van der Waals surface area contributed by atoms with Crippen LogP contribution in [-0.4, -0.2) is 22.6 Å². The number of piperidine rings is 1. The summed E-state index contributed by atoms with van der Waals surface area (Å²) in [5, 5.41) is 1.19. The first kappa shape index (κ1) is 11.6. The second-order valence-electron chi connectivity index (χ2n) is 5.31. The average molecular weight is 243 g/mol. The molecule has 3 rings (SSSR count). The number of fused-ring (bicyclic) bond motifs is 1. The van der Waals surface area contributed by atoms with Gasteiger partial charge in [0.15, 0.2) is 0 Å². The molecular formula is C15H21N3. The number of rotatable bonds is 2. The predicted molar refractivity (Wildman–Crippen MR) is 76.5 cm³/mol. The molecule has 0 amide bonds. The van der Waals surface area contributed by atoms with Gasteiger partial charge in [-0.1, -0.05) is 12.5 Å². The number of nitrogens with two attached hydrogens (primary N) is 1. The smallest absolute Gasteiger partial charge is 0.0501 e. The maximum Gasteiger partial charge on any atom is 0.0501 e. The highest BCUT2D eigenvalue weighted by molar-refractivity contribution is 5.92. The molecule has 0 saturated carbocycles. The largest absolute Gasteiger partial charge is 0.398 e. The Bertz CT molecular complexity index is 550. The van der Waals surface area contributed by atoms with E-state index in [-0.39, 0.29) is 0 Å². The number of hydrogen-bond acceptors (Lipinski definition) is 2. The highest BCUT2D eigenvalue weighted by Crippen LogP contribution is 2.25. The van der Waals surface area contributed by atoms with Crippen molar-refractivity contribution < 1.29 is 0 Å². The molecule has 0 atom stereocenters. The Morgan fingerprint density at radius 1 is 1.17 bits per heavy atom. The minimum absolute atomic E-state index is 0.882. The van der Waals surface area contributed by atoms with Crippen molar-refractivity contribution >= 4 is 16.6 Å². The summed E-state index contributed by atoms with van der Waals surface area (Å²) in [7, 11) is 2.14. The standard InChI is InChI=1S/C15H21N3/c1-17-12(11-18-8-3-2-4-9-18)10-13-14(16)6-5-7-15(13)17/h5-7,10H,2-4,8-9,11,16H2,1H3. The van der Waals surface area contributed by atoms with E-state index in [1.807, 2.05) is 12.1 Å². The number of nitrogens with zero attached hydrogens (tertiary/aromatic N) is 2. The number of nitrogen functional groups attached to an aromatic ring is 1. The molecule has 1 aromatic heterocycles. The molecule has 18 heavy (non-hydrogen) atoms. The van der Waals surface area contributed by atoms with E-state index in [2.05, 4.69) is 28.6 Å². The molecule has 96 valence electrons. The van der Waals surface area contributed by atoms with Gasteiger partial charge in [-0.3, -0.25) is 4.90 Å².